The van der Waals surface area contributed by atoms with Crippen molar-refractivity contribution in [3.05, 3.63) is 75.0 Å². The van der Waals surface area contributed by atoms with Gasteiger partial charge in [-0.1, -0.05) is 17.7 Å². The van der Waals surface area contributed by atoms with Crippen molar-refractivity contribution in [3.8, 4) is 5.75 Å². The van der Waals surface area contributed by atoms with E-state index >= 15 is 4.39 Å². The van der Waals surface area contributed by atoms with Crippen LogP contribution in [0.2, 0.25) is 5.02 Å². The molecule has 44 heavy (non-hydrogen) atoms. The summed E-state index contributed by atoms with van der Waals surface area (Å²) in [6.07, 6.45) is -0.156. The van der Waals surface area contributed by atoms with Crippen molar-refractivity contribution < 1.29 is 46.9 Å². The summed E-state index contributed by atoms with van der Waals surface area (Å²) in [5, 5.41) is 22.7. The van der Waals surface area contributed by atoms with E-state index in [1.54, 1.807) is 14.1 Å². The molecule has 234 valence electrons. The Labute approximate surface area is 256 Å². The fraction of sp³-hybridized carbons (Fsp3) is 0.345. The number of fused-ring (bicyclic) bond motifs is 3. The van der Waals surface area contributed by atoms with Gasteiger partial charge in [0.1, 0.15) is 22.9 Å². The van der Waals surface area contributed by atoms with Crippen molar-refractivity contribution in [2.24, 2.45) is 17.6 Å². The van der Waals surface area contributed by atoms with E-state index in [9.17, 15) is 33.0 Å². The largest absolute Gasteiger partial charge is 0.508 e. The second kappa shape index (κ2) is 10.9. The number of Topliss-reactive ketones (excluding diaryl/α,β-unsaturated/α-hetero) is 2. The molecule has 0 aliphatic heterocycles. The first-order valence-electron chi connectivity index (χ1n) is 13.3. The zero-order chi connectivity index (χ0) is 32.5. The lowest BCUT2D eigenvalue weighted by atomic mass is 9.59. The molecule has 15 heteroatoms. The van der Waals surface area contributed by atoms with Crippen LogP contribution in [0, 0.1) is 17.7 Å². The summed E-state index contributed by atoms with van der Waals surface area (Å²) in [5.74, 6) is -7.47. The summed E-state index contributed by atoms with van der Waals surface area (Å²) in [6.45, 7) is 0. The number of nitrogens with one attached hydrogen (secondary N) is 1. The summed E-state index contributed by atoms with van der Waals surface area (Å²) in [5.41, 5.74) is 1.35. The average molecular weight is 650 g/mol. The molecule has 0 saturated heterocycles. The molecule has 4 atom stereocenters. The first kappa shape index (κ1) is 31.4. The Hall–Kier alpha value is -3.98. The number of phenols is 1. The van der Waals surface area contributed by atoms with Gasteiger partial charge in [-0.15, -0.1) is 0 Å². The fourth-order valence-electron chi connectivity index (χ4n) is 6.74. The zero-order valence-corrected chi connectivity index (χ0v) is 25.5. The van der Waals surface area contributed by atoms with Crippen LogP contribution in [-0.2, 0) is 35.5 Å². The van der Waals surface area contributed by atoms with E-state index < -0.39 is 85.1 Å². The molecule has 1 amide bonds. The predicted octanol–water partition coefficient (Wildman–Crippen LogP) is 2.46. The molecule has 5 rings (SSSR count). The maximum atomic E-state index is 15.7. The average Bonchev–Trinajstić information content (AvgIpc) is 2.94. The Morgan fingerprint density at radius 1 is 1.20 bits per heavy atom. The molecule has 5 N–H and O–H groups in total. The normalized spacial score (nSPS) is 25.0. The van der Waals surface area contributed by atoms with Crippen LogP contribution in [-0.4, -0.2) is 81.0 Å². The molecule has 2 aromatic rings. The van der Waals surface area contributed by atoms with Crippen LogP contribution in [0.1, 0.15) is 22.3 Å². The van der Waals surface area contributed by atoms with Crippen LogP contribution in [0.4, 0.5) is 10.1 Å². The second-order valence-electron chi connectivity index (χ2n) is 11.0. The number of hydrogen-bond donors (Lipinski definition) is 4. The van der Waals surface area contributed by atoms with Crippen LogP contribution >= 0.6 is 11.6 Å². The minimum absolute atomic E-state index is 0.00471. The number of allylic oxidation sites excluding steroid dienone is 1. The molecule has 12 nitrogen and oxygen atoms in total. The quantitative estimate of drug-likeness (QED) is 0.256. The molecule has 0 fully saturated rings. The molecule has 0 spiro atoms. The minimum atomic E-state index is -4.38. The van der Waals surface area contributed by atoms with Crippen LogP contribution in [0.15, 0.2) is 57.9 Å². The Morgan fingerprint density at radius 2 is 1.89 bits per heavy atom. The van der Waals surface area contributed by atoms with Crippen molar-refractivity contribution in [2.45, 2.75) is 29.4 Å². The second-order valence-corrected chi connectivity index (χ2v) is 13.1. The smallest absolute Gasteiger partial charge is 0.262 e. The number of aliphatic hydroxyl groups excluding tert-OH is 1. The Balaban J connectivity index is 1.72. The van der Waals surface area contributed by atoms with Gasteiger partial charge in [-0.3, -0.25) is 24.0 Å². The van der Waals surface area contributed by atoms with E-state index in [4.69, 9.17) is 26.8 Å². The Kier molecular flexibility index (Phi) is 7.77. The van der Waals surface area contributed by atoms with Gasteiger partial charge in [0.15, 0.2) is 22.9 Å². The number of ketones is 2. The number of benzene rings is 2. The number of methoxy groups -OCH3 is 2. The lowest BCUT2D eigenvalue weighted by Crippen LogP contribution is -2.63. The van der Waals surface area contributed by atoms with E-state index in [0.717, 1.165) is 12.1 Å². The van der Waals surface area contributed by atoms with E-state index in [2.05, 4.69) is 4.72 Å². The third-order valence-electron chi connectivity index (χ3n) is 8.49. The van der Waals surface area contributed by atoms with Gasteiger partial charge in [0.25, 0.3) is 15.9 Å². The van der Waals surface area contributed by atoms with Crippen molar-refractivity contribution in [2.75, 3.05) is 33.0 Å². The summed E-state index contributed by atoms with van der Waals surface area (Å²) in [7, 11) is 1.18. The van der Waals surface area contributed by atoms with Gasteiger partial charge in [-0.05, 0) is 51.1 Å². The Bertz CT molecular complexity index is 1810. The van der Waals surface area contributed by atoms with Gasteiger partial charge in [-0.25, -0.2) is 12.8 Å². The van der Waals surface area contributed by atoms with Gasteiger partial charge in [0.05, 0.1) is 29.3 Å². The van der Waals surface area contributed by atoms with Crippen molar-refractivity contribution in [1.29, 1.82) is 0 Å². The number of rotatable bonds is 7. The van der Waals surface area contributed by atoms with Crippen LogP contribution in [0.3, 0.4) is 0 Å². The first-order chi connectivity index (χ1) is 20.6. The van der Waals surface area contributed by atoms with Gasteiger partial charge < -0.3 is 25.4 Å². The number of hydrogen-bond acceptors (Lipinski definition) is 10. The number of nitrogens with zero attached hydrogens (tertiary/aromatic N) is 1. The summed E-state index contributed by atoms with van der Waals surface area (Å²) in [6, 6.07) is 4.96. The molecular weight excluding hydrogens is 621 g/mol. The number of ether oxygens (including phenoxy) is 2. The number of carbonyl (C=O) groups is 3. The van der Waals surface area contributed by atoms with Crippen LogP contribution < -0.4 is 10.5 Å². The standard InChI is InChI=1S/C29H29ClFN3O9S/c1-34(2)22-16-9-12-8-15-17(31)11-18(33-44(40,41)14-7-5-6-13(30)10-14)23(35)20(15)24(36)19(12)27(42-3)29(16,43-4)26(38)21(25(22)37)28(32)39/h5-7,10-12,16,22,33,35,38H,8-9H2,1-4H3,(H2,32,39)/t12-,16-,22-,29+/m0/s1. The molecule has 0 saturated carbocycles. The highest BCUT2D eigenvalue weighted by Crippen LogP contribution is 2.56. The number of primary amides is 1. The number of halogens is 2. The highest BCUT2D eigenvalue weighted by molar-refractivity contribution is 7.92. The van der Waals surface area contributed by atoms with E-state index in [1.807, 2.05) is 0 Å². The molecule has 0 unspecified atom stereocenters. The number of nitrogens with two attached hydrogens (primary N) is 1. The van der Waals surface area contributed by atoms with Crippen molar-refractivity contribution >= 4 is 44.8 Å². The molecule has 0 bridgehead atoms. The van der Waals surface area contributed by atoms with Gasteiger partial charge >= 0.3 is 0 Å². The summed E-state index contributed by atoms with van der Waals surface area (Å²) in [4.78, 5) is 41.2. The van der Waals surface area contributed by atoms with Gasteiger partial charge in [-0.2, -0.15) is 0 Å². The zero-order valence-electron chi connectivity index (χ0n) is 24.0. The fourth-order valence-corrected chi connectivity index (χ4v) is 8.10. The van der Waals surface area contributed by atoms with Gasteiger partial charge in [0.2, 0.25) is 0 Å². The number of anilines is 1. The summed E-state index contributed by atoms with van der Waals surface area (Å²) < 4.78 is 55.3. The number of carbonyl (C=O) groups excluding carboxylic acids is 3. The van der Waals surface area contributed by atoms with E-state index in [0.29, 0.717) is 0 Å². The molecule has 3 aliphatic carbocycles. The van der Waals surface area contributed by atoms with Crippen molar-refractivity contribution in [3.63, 3.8) is 0 Å². The van der Waals surface area contributed by atoms with E-state index in [1.165, 1.54) is 37.3 Å². The number of likely N-dealkylation sites (N-methyl/N-ethyl adjacent to an activating group) is 1. The summed E-state index contributed by atoms with van der Waals surface area (Å²) >= 11 is 5.92. The molecule has 0 radical (unpaired) electrons. The monoisotopic (exact) mass is 649 g/mol. The number of amides is 1. The van der Waals surface area contributed by atoms with E-state index in [-0.39, 0.29) is 39.7 Å². The number of aromatic hydroxyl groups is 1. The lowest BCUT2D eigenvalue weighted by Gasteiger charge is -2.52. The van der Waals surface area contributed by atoms with Crippen molar-refractivity contribution in [1.82, 2.24) is 4.90 Å². The lowest BCUT2D eigenvalue weighted by molar-refractivity contribution is -0.141. The predicted molar refractivity (Wildman–Crippen MR) is 155 cm³/mol. The third-order valence-corrected chi connectivity index (χ3v) is 10.1. The molecule has 0 heterocycles. The Morgan fingerprint density at radius 3 is 2.45 bits per heavy atom. The first-order valence-corrected chi connectivity index (χ1v) is 15.1. The maximum absolute atomic E-state index is 15.7. The minimum Gasteiger partial charge on any atom is -0.508 e. The third kappa shape index (κ3) is 4.47. The van der Waals surface area contributed by atoms with Gasteiger partial charge in [0, 0.05) is 35.3 Å². The van der Waals surface area contributed by atoms with Crippen LogP contribution in [0.5, 0.6) is 5.75 Å². The topological polar surface area (TPSA) is 186 Å². The highest BCUT2D eigenvalue weighted by atomic mass is 35.5. The molecule has 0 aromatic heterocycles. The number of sulfonamides is 1. The number of phenolic OH excluding ortho intramolecular Hbond substituents is 1. The number of aliphatic hydroxyl groups is 1. The molecule has 2 aromatic carbocycles. The highest BCUT2D eigenvalue weighted by Gasteiger charge is 2.64. The SMILES string of the molecule is COC1=C2C(=O)c3c(O)c(NS(=O)(=O)c4cccc(Cl)c4)cc(F)c3C[C@H]2C[C@H]2[C@H](N(C)C)C(=O)C(C(N)=O)=C(O)[C@@]12OC. The molecule has 3 aliphatic rings. The molecular formula is C29H29ClFN3O9S. The van der Waals surface area contributed by atoms with Crippen LogP contribution in [0.25, 0.3) is 0 Å². The maximum Gasteiger partial charge on any atom is 0.262 e.